The van der Waals surface area contributed by atoms with Crippen molar-refractivity contribution in [3.05, 3.63) is 47.5 Å². The van der Waals surface area contributed by atoms with Crippen LogP contribution in [-0.2, 0) is 19.4 Å². The Hall–Kier alpha value is -0.482. The second kappa shape index (κ2) is 6.31. The fraction of sp³-hybridized carbons (Fsp3) is 0.500. The maximum absolute atomic E-state index is 3.71. The minimum atomic E-state index is 0.120. The van der Waals surface area contributed by atoms with E-state index in [0.29, 0.717) is 0 Å². The molecule has 0 amide bonds. The van der Waals surface area contributed by atoms with Gasteiger partial charge in [0.05, 0.1) is 0 Å². The fourth-order valence-corrected chi connectivity index (χ4v) is 2.84. The second-order valence-electron chi connectivity index (χ2n) is 7.07. The van der Waals surface area contributed by atoms with Gasteiger partial charge in [0, 0.05) is 0 Å². The minimum absolute atomic E-state index is 0.120. The van der Waals surface area contributed by atoms with Crippen molar-refractivity contribution in [2.75, 3.05) is 0 Å². The summed E-state index contributed by atoms with van der Waals surface area (Å²) in [5.41, 5.74) is 3.10. The molecular formula is C18H25W-. The molecule has 19 heavy (non-hydrogen) atoms. The summed E-state index contributed by atoms with van der Waals surface area (Å²) in [4.78, 5) is 0. The van der Waals surface area contributed by atoms with Crippen LogP contribution in [0.2, 0.25) is 0 Å². The molecule has 0 saturated carbocycles. The zero-order valence-electron chi connectivity index (χ0n) is 13.0. The van der Waals surface area contributed by atoms with Crippen molar-refractivity contribution in [2.45, 2.75) is 48.0 Å². The van der Waals surface area contributed by atoms with Gasteiger partial charge in [0.1, 0.15) is 0 Å². The molecule has 0 spiro atoms. The first-order chi connectivity index (χ1) is 8.59. The van der Waals surface area contributed by atoms with Crippen LogP contribution in [0, 0.1) is 16.9 Å². The molecule has 0 aromatic heterocycles. The summed E-state index contributed by atoms with van der Waals surface area (Å²) in [6.45, 7) is 13.5. The monoisotopic (exact) mass is 425 g/mol. The summed E-state index contributed by atoms with van der Waals surface area (Å²) >= 11 is 1.55. The van der Waals surface area contributed by atoms with E-state index in [2.05, 4.69) is 78.0 Å². The Labute approximate surface area is 129 Å². The van der Waals surface area contributed by atoms with Crippen molar-refractivity contribution in [3.63, 3.8) is 0 Å². The summed E-state index contributed by atoms with van der Waals surface area (Å²) in [5.74, 6) is 0. The van der Waals surface area contributed by atoms with Gasteiger partial charge >= 0.3 is 130 Å². The van der Waals surface area contributed by atoms with E-state index in [0.717, 1.165) is 6.42 Å². The van der Waals surface area contributed by atoms with Crippen molar-refractivity contribution in [1.82, 2.24) is 0 Å². The molecule has 1 aromatic rings. The van der Waals surface area contributed by atoms with E-state index in [4.69, 9.17) is 0 Å². The van der Waals surface area contributed by atoms with Gasteiger partial charge in [-0.2, -0.15) is 0 Å². The molecule has 1 aromatic carbocycles. The SMILES string of the molecule is CC(C)(C)[C-]=C(C[C](=[W])c1ccccc1)C(C)(C)C. The standard InChI is InChI=1S/C18H25.W/c1-17(2,3)14-16(18(4,5)6)13-12-15-10-8-7-9-11-15;/h7-11H,13H2,1-6H3;/q-1;. The Morgan fingerprint density at radius 2 is 1.53 bits per heavy atom. The van der Waals surface area contributed by atoms with Gasteiger partial charge in [0.25, 0.3) is 0 Å². The molecule has 0 bridgehead atoms. The topological polar surface area (TPSA) is 0 Å². The van der Waals surface area contributed by atoms with Crippen molar-refractivity contribution < 1.29 is 19.4 Å². The van der Waals surface area contributed by atoms with Crippen LogP contribution in [0.25, 0.3) is 0 Å². The van der Waals surface area contributed by atoms with Gasteiger partial charge in [-0.1, -0.05) is 0 Å². The Kier molecular flexibility index (Phi) is 5.51. The average Bonchev–Trinajstić information content (AvgIpc) is 2.26. The normalized spacial score (nSPS) is 13.5. The van der Waals surface area contributed by atoms with Crippen LogP contribution in [0.4, 0.5) is 0 Å². The van der Waals surface area contributed by atoms with E-state index in [1.54, 1.807) is 19.4 Å². The van der Waals surface area contributed by atoms with Crippen LogP contribution in [-0.4, -0.2) is 3.90 Å². The molecule has 1 heteroatoms. The predicted octanol–water partition coefficient (Wildman–Crippen LogP) is 4.97. The van der Waals surface area contributed by atoms with Crippen LogP contribution in [0.3, 0.4) is 0 Å². The van der Waals surface area contributed by atoms with E-state index >= 15 is 0 Å². The molecule has 0 fully saturated rings. The quantitative estimate of drug-likeness (QED) is 0.601. The van der Waals surface area contributed by atoms with Crippen molar-refractivity contribution in [3.8, 4) is 0 Å². The van der Waals surface area contributed by atoms with Gasteiger partial charge < -0.3 is 0 Å². The molecule has 0 nitrogen and oxygen atoms in total. The molecule has 0 radical (unpaired) electrons. The molecule has 0 unspecified atom stereocenters. The molecule has 0 aliphatic rings. The van der Waals surface area contributed by atoms with Crippen molar-refractivity contribution in [2.24, 2.45) is 10.8 Å². The van der Waals surface area contributed by atoms with E-state index in [-0.39, 0.29) is 10.8 Å². The number of hydrogen-bond donors (Lipinski definition) is 0. The van der Waals surface area contributed by atoms with E-state index in [1.165, 1.54) is 15.0 Å². The number of allylic oxidation sites excluding steroid dienone is 2. The van der Waals surface area contributed by atoms with Crippen LogP contribution in [0.5, 0.6) is 0 Å². The number of rotatable bonds is 3. The first-order valence-corrected chi connectivity index (χ1v) is 8.29. The first-order valence-electron chi connectivity index (χ1n) is 6.82. The number of benzene rings is 1. The Morgan fingerprint density at radius 3 is 1.95 bits per heavy atom. The van der Waals surface area contributed by atoms with E-state index in [9.17, 15) is 0 Å². The van der Waals surface area contributed by atoms with Gasteiger partial charge in [0.15, 0.2) is 0 Å². The zero-order chi connectivity index (χ0) is 14.7. The van der Waals surface area contributed by atoms with Gasteiger partial charge in [-0.25, -0.2) is 0 Å². The molecule has 0 N–H and O–H groups in total. The van der Waals surface area contributed by atoms with Gasteiger partial charge in [0.2, 0.25) is 0 Å². The van der Waals surface area contributed by atoms with Crippen molar-refractivity contribution in [1.29, 1.82) is 0 Å². The van der Waals surface area contributed by atoms with E-state index in [1.807, 2.05) is 0 Å². The van der Waals surface area contributed by atoms with E-state index < -0.39 is 0 Å². The Balaban J connectivity index is 2.98. The molecule has 0 heterocycles. The van der Waals surface area contributed by atoms with Gasteiger partial charge in [-0.15, -0.1) is 0 Å². The van der Waals surface area contributed by atoms with Crippen LogP contribution < -0.4 is 0 Å². The first kappa shape index (κ1) is 16.6. The molecule has 0 aliphatic heterocycles. The number of hydrogen-bond acceptors (Lipinski definition) is 0. The fourth-order valence-electron chi connectivity index (χ4n) is 1.84. The zero-order valence-corrected chi connectivity index (χ0v) is 15.9. The summed E-state index contributed by atoms with van der Waals surface area (Å²) in [5, 5.41) is 0. The molecule has 0 aliphatic carbocycles. The summed E-state index contributed by atoms with van der Waals surface area (Å²) in [7, 11) is 0. The van der Waals surface area contributed by atoms with Gasteiger partial charge in [-0.3, -0.25) is 0 Å². The molecule has 0 saturated heterocycles. The summed E-state index contributed by atoms with van der Waals surface area (Å²) < 4.78 is 1.50. The van der Waals surface area contributed by atoms with Crippen LogP contribution in [0.1, 0.15) is 53.5 Å². The van der Waals surface area contributed by atoms with Crippen LogP contribution in [0.15, 0.2) is 35.9 Å². The third kappa shape index (κ3) is 6.00. The molecule has 104 valence electrons. The average molecular weight is 425 g/mol. The Bertz CT molecular complexity index is 453. The van der Waals surface area contributed by atoms with Crippen LogP contribution >= 0.6 is 0 Å². The van der Waals surface area contributed by atoms with Gasteiger partial charge in [-0.05, 0) is 0 Å². The molecule has 1 rings (SSSR count). The summed E-state index contributed by atoms with van der Waals surface area (Å²) in [6.07, 6.45) is 4.75. The Morgan fingerprint density at radius 1 is 1.00 bits per heavy atom. The predicted molar refractivity (Wildman–Crippen MR) is 80.8 cm³/mol. The third-order valence-electron chi connectivity index (χ3n) is 2.86. The molecular weight excluding hydrogens is 400 g/mol. The van der Waals surface area contributed by atoms with Crippen molar-refractivity contribution >= 4 is 3.90 Å². The summed E-state index contributed by atoms with van der Waals surface area (Å²) in [6, 6.07) is 10.7. The third-order valence-corrected chi connectivity index (χ3v) is 4.23. The second-order valence-corrected chi connectivity index (χ2v) is 8.84. The maximum atomic E-state index is 3.71. The molecule has 0 atom stereocenters.